The van der Waals surface area contributed by atoms with Crippen molar-refractivity contribution in [2.24, 2.45) is 5.73 Å². The van der Waals surface area contributed by atoms with E-state index in [0.717, 1.165) is 17.7 Å². The van der Waals surface area contributed by atoms with Gasteiger partial charge >= 0.3 is 0 Å². The monoisotopic (exact) mass is 229 g/mol. The van der Waals surface area contributed by atoms with E-state index in [1.54, 1.807) is 6.20 Å². The molecule has 1 heterocycles. The molecule has 0 saturated heterocycles. The van der Waals surface area contributed by atoms with E-state index in [1.165, 1.54) is 5.56 Å². The van der Waals surface area contributed by atoms with Gasteiger partial charge in [-0.2, -0.15) is 5.10 Å². The smallest absolute Gasteiger partial charge is 0.243 e. The highest BCUT2D eigenvalue weighted by molar-refractivity contribution is 5.33. The molecule has 2 N–H and O–H groups in total. The first-order valence-electron chi connectivity index (χ1n) is 5.61. The number of benzene rings is 1. The van der Waals surface area contributed by atoms with E-state index < -0.39 is 0 Å². The highest BCUT2D eigenvalue weighted by Gasteiger charge is 2.05. The summed E-state index contributed by atoms with van der Waals surface area (Å²) in [6.07, 6.45) is 2.62. The van der Waals surface area contributed by atoms with Gasteiger partial charge < -0.3 is 10.5 Å². The maximum absolute atomic E-state index is 5.65. The molecule has 0 aliphatic rings. The predicted octanol–water partition coefficient (Wildman–Crippen LogP) is 2.29. The van der Waals surface area contributed by atoms with Crippen molar-refractivity contribution in [3.8, 4) is 11.6 Å². The second-order valence-corrected chi connectivity index (χ2v) is 3.67. The van der Waals surface area contributed by atoms with Crippen molar-refractivity contribution < 1.29 is 4.74 Å². The number of aromatic nitrogens is 2. The van der Waals surface area contributed by atoms with Crippen molar-refractivity contribution in [3.63, 3.8) is 0 Å². The summed E-state index contributed by atoms with van der Waals surface area (Å²) in [5, 5.41) is 7.73. The van der Waals surface area contributed by atoms with Gasteiger partial charge in [-0.15, -0.1) is 5.10 Å². The first-order valence-corrected chi connectivity index (χ1v) is 5.61. The van der Waals surface area contributed by atoms with Gasteiger partial charge in [0.15, 0.2) is 0 Å². The molecule has 1 aromatic carbocycles. The first kappa shape index (κ1) is 11.5. The summed E-state index contributed by atoms with van der Waals surface area (Å²) < 4.78 is 5.65. The van der Waals surface area contributed by atoms with E-state index in [0.29, 0.717) is 12.4 Å². The Morgan fingerprint density at radius 2 is 1.94 bits per heavy atom. The minimum atomic E-state index is 0.387. The molecule has 4 heteroatoms. The lowest BCUT2D eigenvalue weighted by atomic mass is 10.2. The average molecular weight is 229 g/mol. The normalized spacial score (nSPS) is 10.2. The van der Waals surface area contributed by atoms with Gasteiger partial charge in [-0.25, -0.2) is 0 Å². The molecule has 0 aliphatic carbocycles. The van der Waals surface area contributed by atoms with Crippen LogP contribution in [0, 0.1) is 0 Å². The van der Waals surface area contributed by atoms with Crippen LogP contribution in [-0.2, 0) is 13.0 Å². The fourth-order valence-electron chi connectivity index (χ4n) is 1.49. The third-order valence-corrected chi connectivity index (χ3v) is 2.53. The topological polar surface area (TPSA) is 61.0 Å². The summed E-state index contributed by atoms with van der Waals surface area (Å²) in [5.74, 6) is 1.22. The molecule has 0 bridgehead atoms. The first-order chi connectivity index (χ1) is 8.33. The van der Waals surface area contributed by atoms with Crippen molar-refractivity contribution in [2.45, 2.75) is 19.9 Å². The Labute approximate surface area is 100 Å². The zero-order chi connectivity index (χ0) is 12.1. The Balaban J connectivity index is 2.19. The van der Waals surface area contributed by atoms with E-state index in [9.17, 15) is 0 Å². The SMILES string of the molecule is CCc1ccc(Oc2nnccc2CN)cc1. The maximum atomic E-state index is 5.65. The summed E-state index contributed by atoms with van der Waals surface area (Å²) >= 11 is 0. The largest absolute Gasteiger partial charge is 0.437 e. The molecular weight excluding hydrogens is 214 g/mol. The van der Waals surface area contributed by atoms with Crippen LogP contribution in [0.15, 0.2) is 36.5 Å². The molecule has 88 valence electrons. The van der Waals surface area contributed by atoms with Gasteiger partial charge in [0.2, 0.25) is 5.88 Å². The molecule has 4 nitrogen and oxygen atoms in total. The molecular formula is C13H15N3O. The van der Waals surface area contributed by atoms with Crippen molar-refractivity contribution in [2.75, 3.05) is 0 Å². The molecule has 2 aromatic rings. The molecule has 0 unspecified atom stereocenters. The average Bonchev–Trinajstić information content (AvgIpc) is 2.40. The molecule has 0 saturated carbocycles. The van der Waals surface area contributed by atoms with Crippen LogP contribution in [0.3, 0.4) is 0 Å². The van der Waals surface area contributed by atoms with Crippen LogP contribution in [0.2, 0.25) is 0 Å². The van der Waals surface area contributed by atoms with Crippen LogP contribution < -0.4 is 10.5 Å². The second kappa shape index (κ2) is 5.41. The van der Waals surface area contributed by atoms with Crippen LogP contribution in [0.5, 0.6) is 11.6 Å². The fraction of sp³-hybridized carbons (Fsp3) is 0.231. The number of aryl methyl sites for hydroxylation is 1. The minimum Gasteiger partial charge on any atom is -0.437 e. The lowest BCUT2D eigenvalue weighted by Gasteiger charge is -2.07. The molecule has 0 fully saturated rings. The zero-order valence-electron chi connectivity index (χ0n) is 9.76. The number of rotatable bonds is 4. The maximum Gasteiger partial charge on any atom is 0.243 e. The van der Waals surface area contributed by atoms with Crippen LogP contribution in [0.25, 0.3) is 0 Å². The van der Waals surface area contributed by atoms with E-state index in [-0.39, 0.29) is 0 Å². The Morgan fingerprint density at radius 1 is 1.18 bits per heavy atom. The Bertz CT molecular complexity index is 482. The van der Waals surface area contributed by atoms with Crippen LogP contribution in [0.1, 0.15) is 18.1 Å². The number of hydrogen-bond donors (Lipinski definition) is 1. The molecule has 2 rings (SSSR count). The number of ether oxygens (including phenoxy) is 1. The molecule has 1 aromatic heterocycles. The van der Waals surface area contributed by atoms with Crippen LogP contribution >= 0.6 is 0 Å². The highest BCUT2D eigenvalue weighted by atomic mass is 16.5. The van der Waals surface area contributed by atoms with Crippen molar-refractivity contribution in [1.29, 1.82) is 0 Å². The van der Waals surface area contributed by atoms with Gasteiger partial charge in [0.05, 0.1) is 6.20 Å². The standard InChI is InChI=1S/C13H15N3O/c1-2-10-3-5-12(6-4-10)17-13-11(9-14)7-8-15-16-13/h3-8H,2,9,14H2,1H3. The summed E-state index contributed by atoms with van der Waals surface area (Å²) in [5.41, 5.74) is 7.72. The minimum absolute atomic E-state index is 0.387. The Hall–Kier alpha value is -1.94. The van der Waals surface area contributed by atoms with Gasteiger partial charge in [0, 0.05) is 12.1 Å². The molecule has 0 aliphatic heterocycles. The Kier molecular flexibility index (Phi) is 3.67. The lowest BCUT2D eigenvalue weighted by Crippen LogP contribution is -2.02. The summed E-state index contributed by atoms with van der Waals surface area (Å²) in [6, 6.07) is 9.73. The van der Waals surface area contributed by atoms with E-state index >= 15 is 0 Å². The van der Waals surface area contributed by atoms with E-state index in [4.69, 9.17) is 10.5 Å². The molecule has 0 spiro atoms. The molecule has 0 atom stereocenters. The number of nitrogens with zero attached hydrogens (tertiary/aromatic N) is 2. The van der Waals surface area contributed by atoms with Crippen molar-refractivity contribution in [1.82, 2.24) is 10.2 Å². The fourth-order valence-corrected chi connectivity index (χ4v) is 1.49. The highest BCUT2D eigenvalue weighted by Crippen LogP contribution is 2.22. The van der Waals surface area contributed by atoms with Crippen molar-refractivity contribution in [3.05, 3.63) is 47.7 Å². The van der Waals surface area contributed by atoms with Gasteiger partial charge in [-0.1, -0.05) is 19.1 Å². The molecule has 17 heavy (non-hydrogen) atoms. The lowest BCUT2D eigenvalue weighted by molar-refractivity contribution is 0.448. The number of nitrogens with two attached hydrogens (primary N) is 1. The molecule has 0 amide bonds. The van der Waals surface area contributed by atoms with E-state index in [2.05, 4.69) is 17.1 Å². The van der Waals surface area contributed by atoms with Crippen LogP contribution in [0.4, 0.5) is 0 Å². The van der Waals surface area contributed by atoms with Gasteiger partial charge in [-0.05, 0) is 30.2 Å². The predicted molar refractivity (Wildman–Crippen MR) is 65.8 cm³/mol. The zero-order valence-corrected chi connectivity index (χ0v) is 9.76. The molecule has 0 radical (unpaired) electrons. The third-order valence-electron chi connectivity index (χ3n) is 2.53. The quantitative estimate of drug-likeness (QED) is 0.873. The van der Waals surface area contributed by atoms with Gasteiger partial charge in [0.25, 0.3) is 0 Å². The van der Waals surface area contributed by atoms with E-state index in [1.807, 2.05) is 30.3 Å². The van der Waals surface area contributed by atoms with Crippen molar-refractivity contribution >= 4 is 0 Å². The van der Waals surface area contributed by atoms with Crippen LogP contribution in [-0.4, -0.2) is 10.2 Å². The van der Waals surface area contributed by atoms with Gasteiger partial charge in [0.1, 0.15) is 5.75 Å². The summed E-state index contributed by atoms with van der Waals surface area (Å²) in [7, 11) is 0. The Morgan fingerprint density at radius 3 is 2.59 bits per heavy atom. The summed E-state index contributed by atoms with van der Waals surface area (Å²) in [6.45, 7) is 2.50. The van der Waals surface area contributed by atoms with Gasteiger partial charge in [-0.3, -0.25) is 0 Å². The summed E-state index contributed by atoms with van der Waals surface area (Å²) in [4.78, 5) is 0. The second-order valence-electron chi connectivity index (χ2n) is 3.67. The third kappa shape index (κ3) is 2.79. The number of hydrogen-bond acceptors (Lipinski definition) is 4.